The number of amides is 1. The maximum Gasteiger partial charge on any atom is 0.340 e. The summed E-state index contributed by atoms with van der Waals surface area (Å²) in [5.74, 6) is -0.399. The van der Waals surface area contributed by atoms with Crippen molar-refractivity contribution in [1.82, 2.24) is 0 Å². The quantitative estimate of drug-likeness (QED) is 0.537. The van der Waals surface area contributed by atoms with Gasteiger partial charge in [-0.1, -0.05) is 25.1 Å². The molecule has 0 aliphatic rings. The fraction of sp³-hybridized carbons (Fsp3) is 0.222. The number of benzene rings is 2. The van der Waals surface area contributed by atoms with E-state index in [1.165, 1.54) is 43.0 Å². The van der Waals surface area contributed by atoms with Gasteiger partial charge in [-0.15, -0.1) is 11.8 Å². The number of primary sulfonamides is 1. The number of thioether (sulfide) groups is 1. The van der Waals surface area contributed by atoms with E-state index in [1.807, 2.05) is 19.1 Å². The molecule has 144 valence electrons. The van der Waals surface area contributed by atoms with Crippen LogP contribution in [0, 0.1) is 0 Å². The van der Waals surface area contributed by atoms with Crippen LogP contribution in [0.2, 0.25) is 0 Å². The number of nitrogens with one attached hydrogen (secondary N) is 1. The van der Waals surface area contributed by atoms with Gasteiger partial charge in [-0.25, -0.2) is 18.4 Å². The number of carbonyl (C=O) groups excluding carboxylic acids is 2. The van der Waals surface area contributed by atoms with Gasteiger partial charge in [0.25, 0.3) is 5.91 Å². The van der Waals surface area contributed by atoms with Crippen LogP contribution in [0.25, 0.3) is 0 Å². The van der Waals surface area contributed by atoms with Gasteiger partial charge in [-0.3, -0.25) is 4.79 Å². The zero-order valence-corrected chi connectivity index (χ0v) is 16.5. The topological polar surface area (TPSA) is 116 Å². The number of nitrogens with two attached hydrogens (primary N) is 1. The molecule has 0 fully saturated rings. The molecule has 0 radical (unpaired) electrons. The zero-order chi connectivity index (χ0) is 20.0. The van der Waals surface area contributed by atoms with Crippen LogP contribution in [0.3, 0.4) is 0 Å². The predicted molar refractivity (Wildman–Crippen MR) is 104 cm³/mol. The van der Waals surface area contributed by atoms with Crippen molar-refractivity contribution in [1.29, 1.82) is 0 Å². The summed E-state index contributed by atoms with van der Waals surface area (Å²) in [7, 11) is -3.89. The Labute approximate surface area is 162 Å². The standard InChI is InChI=1S/C18H20N2O5S2/c1-3-26-16-10-5-4-9-15(16)18(22)25-12(2)17(21)20-13-7-6-8-14(11-13)27(19,23)24/h4-12H,3H2,1-2H3,(H,20,21)(H2,19,23,24)/t12-/m1/s1. The van der Waals surface area contributed by atoms with Crippen LogP contribution in [-0.2, 0) is 19.6 Å². The van der Waals surface area contributed by atoms with E-state index in [9.17, 15) is 18.0 Å². The van der Waals surface area contributed by atoms with Crippen molar-refractivity contribution in [3.63, 3.8) is 0 Å². The van der Waals surface area contributed by atoms with Crippen LogP contribution in [0.1, 0.15) is 24.2 Å². The Bertz CT molecular complexity index is 944. The van der Waals surface area contributed by atoms with Gasteiger partial charge in [-0.05, 0) is 43.0 Å². The van der Waals surface area contributed by atoms with Crippen LogP contribution in [-0.4, -0.2) is 32.2 Å². The van der Waals surface area contributed by atoms with Crippen molar-refractivity contribution in [2.24, 2.45) is 5.14 Å². The Balaban J connectivity index is 2.07. The smallest absolute Gasteiger partial charge is 0.340 e. The van der Waals surface area contributed by atoms with Crippen LogP contribution in [0.4, 0.5) is 5.69 Å². The molecule has 3 N–H and O–H groups in total. The van der Waals surface area contributed by atoms with Crippen molar-refractivity contribution in [2.45, 2.75) is 29.7 Å². The highest BCUT2D eigenvalue weighted by molar-refractivity contribution is 7.99. The van der Waals surface area contributed by atoms with Gasteiger partial charge in [-0.2, -0.15) is 0 Å². The molecule has 1 amide bonds. The van der Waals surface area contributed by atoms with Gasteiger partial charge in [0, 0.05) is 10.6 Å². The fourth-order valence-corrected chi connectivity index (χ4v) is 3.54. The van der Waals surface area contributed by atoms with Gasteiger partial charge >= 0.3 is 5.97 Å². The normalized spacial score (nSPS) is 12.3. The largest absolute Gasteiger partial charge is 0.449 e. The van der Waals surface area contributed by atoms with E-state index in [2.05, 4.69) is 5.32 Å². The lowest BCUT2D eigenvalue weighted by molar-refractivity contribution is -0.123. The Morgan fingerprint density at radius 2 is 1.89 bits per heavy atom. The summed E-state index contributed by atoms with van der Waals surface area (Å²) in [4.78, 5) is 25.3. The third-order valence-corrected chi connectivity index (χ3v) is 5.36. The molecule has 0 unspecified atom stereocenters. The maximum atomic E-state index is 12.4. The number of anilines is 1. The van der Waals surface area contributed by atoms with E-state index < -0.39 is 28.0 Å². The molecule has 0 aliphatic heterocycles. The molecule has 0 saturated carbocycles. The van der Waals surface area contributed by atoms with Crippen LogP contribution < -0.4 is 10.5 Å². The summed E-state index contributed by atoms with van der Waals surface area (Å²) in [6.07, 6.45) is -1.07. The molecule has 7 nitrogen and oxygen atoms in total. The van der Waals surface area contributed by atoms with Gasteiger partial charge < -0.3 is 10.1 Å². The molecular formula is C18H20N2O5S2. The molecule has 0 aromatic heterocycles. The molecule has 1 atom stereocenters. The number of ether oxygens (including phenoxy) is 1. The first-order valence-corrected chi connectivity index (χ1v) is 10.6. The van der Waals surface area contributed by atoms with E-state index in [-0.39, 0.29) is 10.6 Å². The molecule has 9 heteroatoms. The molecule has 2 aromatic carbocycles. The first-order chi connectivity index (χ1) is 12.7. The average molecular weight is 409 g/mol. The van der Waals surface area contributed by atoms with Crippen molar-refractivity contribution in [3.05, 3.63) is 54.1 Å². The first-order valence-electron chi connectivity index (χ1n) is 8.09. The molecule has 0 aliphatic carbocycles. The van der Waals surface area contributed by atoms with E-state index in [0.29, 0.717) is 5.56 Å². The molecule has 0 saturated heterocycles. The second kappa shape index (κ2) is 9.03. The highest BCUT2D eigenvalue weighted by atomic mass is 32.2. The van der Waals surface area contributed by atoms with E-state index in [4.69, 9.17) is 9.88 Å². The minimum absolute atomic E-state index is 0.129. The monoisotopic (exact) mass is 408 g/mol. The second-order valence-corrected chi connectivity index (χ2v) is 8.41. The molecule has 0 heterocycles. The van der Waals surface area contributed by atoms with Gasteiger partial charge in [0.1, 0.15) is 0 Å². The van der Waals surface area contributed by atoms with Crippen molar-refractivity contribution >= 4 is 39.3 Å². The summed E-state index contributed by atoms with van der Waals surface area (Å²) >= 11 is 1.50. The third kappa shape index (κ3) is 5.81. The molecule has 2 rings (SSSR count). The summed E-state index contributed by atoms with van der Waals surface area (Å²) in [6.45, 7) is 3.41. The minimum Gasteiger partial charge on any atom is -0.449 e. The van der Waals surface area contributed by atoms with Gasteiger partial charge in [0.05, 0.1) is 10.5 Å². The average Bonchev–Trinajstić information content (AvgIpc) is 2.61. The fourth-order valence-electron chi connectivity index (χ4n) is 2.19. The number of esters is 1. The third-order valence-electron chi connectivity index (χ3n) is 3.49. The minimum atomic E-state index is -3.89. The summed E-state index contributed by atoms with van der Waals surface area (Å²) in [6, 6.07) is 12.5. The highest BCUT2D eigenvalue weighted by Gasteiger charge is 2.21. The van der Waals surface area contributed by atoms with E-state index >= 15 is 0 Å². The van der Waals surface area contributed by atoms with Crippen LogP contribution in [0.15, 0.2) is 58.3 Å². The number of carbonyl (C=O) groups is 2. The number of hydrogen-bond acceptors (Lipinski definition) is 6. The molecule has 0 bridgehead atoms. The molecular weight excluding hydrogens is 388 g/mol. The van der Waals surface area contributed by atoms with Crippen molar-refractivity contribution in [2.75, 3.05) is 11.1 Å². The highest BCUT2D eigenvalue weighted by Crippen LogP contribution is 2.23. The van der Waals surface area contributed by atoms with E-state index in [0.717, 1.165) is 10.6 Å². The van der Waals surface area contributed by atoms with Crippen molar-refractivity contribution in [3.8, 4) is 0 Å². The maximum absolute atomic E-state index is 12.4. The molecule has 27 heavy (non-hydrogen) atoms. The zero-order valence-electron chi connectivity index (χ0n) is 14.8. The number of hydrogen-bond donors (Lipinski definition) is 2. The lowest BCUT2D eigenvalue weighted by Crippen LogP contribution is -2.30. The Hall–Kier alpha value is -2.36. The lowest BCUT2D eigenvalue weighted by Gasteiger charge is -2.15. The summed E-state index contributed by atoms with van der Waals surface area (Å²) in [5, 5.41) is 7.58. The van der Waals surface area contributed by atoms with E-state index in [1.54, 1.807) is 12.1 Å². The predicted octanol–water partition coefficient (Wildman–Crippen LogP) is 2.63. The second-order valence-electron chi connectivity index (χ2n) is 5.54. The Kier molecular flexibility index (Phi) is 7.00. The Morgan fingerprint density at radius 1 is 1.19 bits per heavy atom. The van der Waals surface area contributed by atoms with Gasteiger partial charge in [0.2, 0.25) is 10.0 Å². The summed E-state index contributed by atoms with van der Waals surface area (Å²) in [5.41, 5.74) is 0.622. The molecule has 0 spiro atoms. The summed E-state index contributed by atoms with van der Waals surface area (Å²) < 4.78 is 28.0. The van der Waals surface area contributed by atoms with Crippen LogP contribution >= 0.6 is 11.8 Å². The number of sulfonamides is 1. The molecule has 2 aromatic rings. The lowest BCUT2D eigenvalue weighted by atomic mass is 10.2. The first kappa shape index (κ1) is 20.9. The van der Waals surface area contributed by atoms with Crippen LogP contribution in [0.5, 0.6) is 0 Å². The van der Waals surface area contributed by atoms with Crippen molar-refractivity contribution < 1.29 is 22.7 Å². The van der Waals surface area contributed by atoms with Gasteiger partial charge in [0.15, 0.2) is 6.10 Å². The Morgan fingerprint density at radius 3 is 2.56 bits per heavy atom. The number of rotatable bonds is 7. The SMILES string of the molecule is CCSc1ccccc1C(=O)O[C@H](C)C(=O)Nc1cccc(S(N)(=O)=O)c1.